The fraction of sp³-hybridized carbons (Fsp3) is 0.438. The van der Waals surface area contributed by atoms with Gasteiger partial charge in [0.2, 0.25) is 0 Å². The molecular formula is C16H22ClN3O4. The van der Waals surface area contributed by atoms with E-state index in [9.17, 15) is 9.59 Å². The fourth-order valence-electron chi connectivity index (χ4n) is 1.75. The van der Waals surface area contributed by atoms with Gasteiger partial charge in [0.15, 0.2) is 11.5 Å². The molecule has 0 aliphatic rings. The maximum Gasteiger partial charge on any atom is 0.329 e. The minimum absolute atomic E-state index is 0.133. The quantitative estimate of drug-likeness (QED) is 0.445. The van der Waals surface area contributed by atoms with Crippen LogP contribution in [0.2, 0.25) is 5.02 Å². The Morgan fingerprint density at radius 3 is 2.46 bits per heavy atom. The van der Waals surface area contributed by atoms with Crippen molar-refractivity contribution in [2.75, 3.05) is 13.2 Å². The van der Waals surface area contributed by atoms with E-state index in [1.165, 1.54) is 6.21 Å². The lowest BCUT2D eigenvalue weighted by atomic mass is 10.2. The van der Waals surface area contributed by atoms with Crippen LogP contribution in [0.15, 0.2) is 17.2 Å². The van der Waals surface area contributed by atoms with Crippen molar-refractivity contribution in [2.24, 2.45) is 5.10 Å². The van der Waals surface area contributed by atoms with Gasteiger partial charge in [0.05, 0.1) is 24.5 Å². The van der Waals surface area contributed by atoms with Crippen molar-refractivity contribution in [1.82, 2.24) is 10.7 Å². The highest BCUT2D eigenvalue weighted by Gasteiger charge is 2.14. The number of amides is 2. The van der Waals surface area contributed by atoms with E-state index in [0.29, 0.717) is 35.3 Å². The zero-order chi connectivity index (χ0) is 18.1. The number of carbonyl (C=O) groups excluding carboxylic acids is 2. The van der Waals surface area contributed by atoms with Crippen LogP contribution in [0.25, 0.3) is 0 Å². The van der Waals surface area contributed by atoms with Gasteiger partial charge in [-0.3, -0.25) is 9.59 Å². The molecule has 0 radical (unpaired) electrons. The third-order valence-corrected chi connectivity index (χ3v) is 2.91. The Hall–Kier alpha value is -2.28. The highest BCUT2D eigenvalue weighted by atomic mass is 35.5. The minimum Gasteiger partial charge on any atom is -0.490 e. The third-order valence-electron chi connectivity index (χ3n) is 2.63. The van der Waals surface area contributed by atoms with Gasteiger partial charge in [-0.2, -0.15) is 5.10 Å². The number of benzene rings is 1. The monoisotopic (exact) mass is 355 g/mol. The summed E-state index contributed by atoms with van der Waals surface area (Å²) in [5.41, 5.74) is 2.74. The number of halogens is 1. The summed E-state index contributed by atoms with van der Waals surface area (Å²) in [5.74, 6) is -0.653. The van der Waals surface area contributed by atoms with Gasteiger partial charge in [0.25, 0.3) is 0 Å². The van der Waals surface area contributed by atoms with E-state index < -0.39 is 11.8 Å². The summed E-state index contributed by atoms with van der Waals surface area (Å²) in [6, 6.07) is 3.18. The molecule has 0 saturated carbocycles. The highest BCUT2D eigenvalue weighted by Crippen LogP contribution is 2.36. The summed E-state index contributed by atoms with van der Waals surface area (Å²) >= 11 is 6.18. The zero-order valence-electron chi connectivity index (χ0n) is 14.2. The summed E-state index contributed by atoms with van der Waals surface area (Å²) in [4.78, 5) is 23.0. The number of ether oxygens (including phenoxy) is 2. The Bertz CT molecular complexity index is 618. The van der Waals surface area contributed by atoms with Gasteiger partial charge in [-0.25, -0.2) is 5.43 Å². The summed E-state index contributed by atoms with van der Waals surface area (Å²) in [6.07, 6.45) is 1.37. The number of carbonyl (C=O) groups is 2. The van der Waals surface area contributed by atoms with E-state index >= 15 is 0 Å². The second kappa shape index (κ2) is 9.77. The summed E-state index contributed by atoms with van der Waals surface area (Å²) < 4.78 is 11.0. The summed E-state index contributed by atoms with van der Waals surface area (Å²) in [7, 11) is 0. The normalized spacial score (nSPS) is 10.8. The lowest BCUT2D eigenvalue weighted by Gasteiger charge is -2.13. The number of hydrogen-bond acceptors (Lipinski definition) is 5. The molecule has 0 aromatic heterocycles. The van der Waals surface area contributed by atoms with Gasteiger partial charge >= 0.3 is 11.8 Å². The van der Waals surface area contributed by atoms with Crippen molar-refractivity contribution in [3.05, 3.63) is 22.7 Å². The minimum atomic E-state index is -0.845. The van der Waals surface area contributed by atoms with Gasteiger partial charge in [-0.1, -0.05) is 11.6 Å². The van der Waals surface area contributed by atoms with Crippen LogP contribution in [0.4, 0.5) is 0 Å². The number of hydrazone groups is 1. The Balaban J connectivity index is 2.83. The molecule has 7 nitrogen and oxygen atoms in total. The number of nitrogens with zero attached hydrogens (tertiary/aromatic N) is 1. The molecule has 1 rings (SSSR count). The zero-order valence-corrected chi connectivity index (χ0v) is 14.9. The first-order chi connectivity index (χ1) is 11.4. The molecule has 0 spiro atoms. The van der Waals surface area contributed by atoms with Crippen molar-refractivity contribution < 1.29 is 19.1 Å². The second-order valence-electron chi connectivity index (χ2n) is 5.02. The summed E-state index contributed by atoms with van der Waals surface area (Å²) in [5, 5.41) is 6.58. The van der Waals surface area contributed by atoms with Crippen LogP contribution in [0, 0.1) is 0 Å². The van der Waals surface area contributed by atoms with Gasteiger partial charge in [-0.05, 0) is 45.4 Å². The lowest BCUT2D eigenvalue weighted by molar-refractivity contribution is -0.139. The molecule has 132 valence electrons. The lowest BCUT2D eigenvalue weighted by Crippen LogP contribution is -2.41. The molecule has 0 atom stereocenters. The van der Waals surface area contributed by atoms with E-state index in [2.05, 4.69) is 15.8 Å². The van der Waals surface area contributed by atoms with Crippen LogP contribution in [-0.2, 0) is 9.59 Å². The average Bonchev–Trinajstić information content (AvgIpc) is 2.50. The van der Waals surface area contributed by atoms with Crippen molar-refractivity contribution in [3.8, 4) is 11.5 Å². The SMILES string of the molecule is CCOc1cc(/C=N\NC(=O)C(=O)NC(C)C)cc(Cl)c1OCC. The summed E-state index contributed by atoms with van der Waals surface area (Å²) in [6.45, 7) is 8.10. The Kier molecular flexibility index (Phi) is 8.05. The van der Waals surface area contributed by atoms with Crippen LogP contribution in [0.5, 0.6) is 11.5 Å². The maximum atomic E-state index is 11.5. The van der Waals surface area contributed by atoms with Crippen LogP contribution < -0.4 is 20.2 Å². The first kappa shape index (κ1) is 19.8. The van der Waals surface area contributed by atoms with Crippen molar-refractivity contribution in [2.45, 2.75) is 33.7 Å². The van der Waals surface area contributed by atoms with Gasteiger partial charge in [0.1, 0.15) is 0 Å². The molecule has 24 heavy (non-hydrogen) atoms. The van der Waals surface area contributed by atoms with Crippen molar-refractivity contribution >= 4 is 29.6 Å². The van der Waals surface area contributed by atoms with E-state index in [1.807, 2.05) is 13.8 Å². The largest absolute Gasteiger partial charge is 0.490 e. The molecular weight excluding hydrogens is 334 g/mol. The molecule has 1 aromatic carbocycles. The van der Waals surface area contributed by atoms with E-state index in [0.717, 1.165) is 0 Å². The Morgan fingerprint density at radius 1 is 1.21 bits per heavy atom. The standard InChI is InChI=1S/C16H22ClN3O4/c1-5-23-13-8-11(7-12(17)14(13)24-6-2)9-18-20-16(22)15(21)19-10(3)4/h7-10H,5-6H2,1-4H3,(H,19,21)(H,20,22)/b18-9-. The van der Waals surface area contributed by atoms with Crippen LogP contribution in [-0.4, -0.2) is 37.3 Å². The Labute approximate surface area is 146 Å². The molecule has 0 heterocycles. The van der Waals surface area contributed by atoms with Gasteiger partial charge < -0.3 is 14.8 Å². The fourth-order valence-corrected chi connectivity index (χ4v) is 2.03. The molecule has 0 saturated heterocycles. The van der Waals surface area contributed by atoms with E-state index in [4.69, 9.17) is 21.1 Å². The van der Waals surface area contributed by atoms with Crippen molar-refractivity contribution in [1.29, 1.82) is 0 Å². The number of nitrogens with one attached hydrogen (secondary N) is 2. The first-order valence-corrected chi connectivity index (χ1v) is 7.99. The maximum absolute atomic E-state index is 11.5. The van der Waals surface area contributed by atoms with E-state index in [1.54, 1.807) is 26.0 Å². The third kappa shape index (κ3) is 6.08. The van der Waals surface area contributed by atoms with E-state index in [-0.39, 0.29) is 6.04 Å². The molecule has 0 unspecified atom stereocenters. The van der Waals surface area contributed by atoms with Crippen LogP contribution in [0.3, 0.4) is 0 Å². The van der Waals surface area contributed by atoms with Crippen LogP contribution in [0.1, 0.15) is 33.3 Å². The van der Waals surface area contributed by atoms with Gasteiger partial charge in [0, 0.05) is 6.04 Å². The highest BCUT2D eigenvalue weighted by molar-refractivity contribution is 6.35. The predicted octanol–water partition coefficient (Wildman–Crippen LogP) is 2.11. The molecule has 2 amide bonds. The first-order valence-electron chi connectivity index (χ1n) is 7.62. The second-order valence-corrected chi connectivity index (χ2v) is 5.43. The average molecular weight is 356 g/mol. The molecule has 0 bridgehead atoms. The molecule has 0 aliphatic heterocycles. The molecule has 0 aliphatic carbocycles. The number of rotatable bonds is 7. The molecule has 0 fully saturated rings. The van der Waals surface area contributed by atoms with Crippen LogP contribution >= 0.6 is 11.6 Å². The molecule has 1 aromatic rings. The smallest absolute Gasteiger partial charge is 0.329 e. The predicted molar refractivity (Wildman–Crippen MR) is 92.8 cm³/mol. The topological polar surface area (TPSA) is 89.0 Å². The molecule has 2 N–H and O–H groups in total. The number of hydrogen-bond donors (Lipinski definition) is 2. The molecule has 8 heteroatoms. The van der Waals surface area contributed by atoms with Gasteiger partial charge in [-0.15, -0.1) is 0 Å². The Morgan fingerprint density at radius 2 is 1.88 bits per heavy atom. The van der Waals surface area contributed by atoms with Crippen molar-refractivity contribution in [3.63, 3.8) is 0 Å².